The van der Waals surface area contributed by atoms with Crippen LogP contribution >= 0.6 is 0 Å². The van der Waals surface area contributed by atoms with Crippen LogP contribution in [0, 0.1) is 6.92 Å². The predicted molar refractivity (Wildman–Crippen MR) is 92.5 cm³/mol. The van der Waals surface area contributed by atoms with E-state index in [1.807, 2.05) is 51.1 Å². The van der Waals surface area contributed by atoms with Gasteiger partial charge >= 0.3 is 0 Å². The van der Waals surface area contributed by atoms with Crippen molar-refractivity contribution >= 4 is 5.91 Å². The fraction of sp³-hybridized carbons (Fsp3) is 0.500. The second kappa shape index (κ2) is 7.13. The van der Waals surface area contributed by atoms with Crippen molar-refractivity contribution in [1.29, 1.82) is 0 Å². The standard InChI is InChI=1S/C18H25N5O/c1-12(2)19-18(24)17(14-7-5-4-6-8-14)20-15-9-10-16-22-21-13(3)23(16)11-15/h4-8,12,15,17,20H,9-11H2,1-3H3,(H,19,24)/t15-,17+/m1/s1. The Morgan fingerprint density at radius 2 is 2.00 bits per heavy atom. The molecule has 0 spiro atoms. The van der Waals surface area contributed by atoms with Gasteiger partial charge in [-0.05, 0) is 32.8 Å². The van der Waals surface area contributed by atoms with Crippen LogP contribution in [0.2, 0.25) is 0 Å². The molecule has 0 saturated heterocycles. The molecule has 3 rings (SSSR count). The first-order valence-corrected chi connectivity index (χ1v) is 8.54. The van der Waals surface area contributed by atoms with Gasteiger partial charge in [0.2, 0.25) is 5.91 Å². The van der Waals surface area contributed by atoms with Gasteiger partial charge in [-0.15, -0.1) is 10.2 Å². The number of nitrogens with zero attached hydrogens (tertiary/aromatic N) is 3. The number of carbonyl (C=O) groups is 1. The van der Waals surface area contributed by atoms with Crippen LogP contribution in [0.25, 0.3) is 0 Å². The molecule has 6 heteroatoms. The average Bonchev–Trinajstić information content (AvgIpc) is 2.93. The SMILES string of the molecule is Cc1nnc2n1C[C@H](N[C@H](C(=O)NC(C)C)c1ccccc1)CC2. The Hall–Kier alpha value is -2.21. The van der Waals surface area contributed by atoms with E-state index < -0.39 is 0 Å². The summed E-state index contributed by atoms with van der Waals surface area (Å²) in [6.07, 6.45) is 1.84. The summed E-state index contributed by atoms with van der Waals surface area (Å²) >= 11 is 0. The lowest BCUT2D eigenvalue weighted by molar-refractivity contribution is -0.124. The molecule has 0 aliphatic carbocycles. The molecule has 1 aromatic carbocycles. The van der Waals surface area contributed by atoms with Crippen LogP contribution in [0.5, 0.6) is 0 Å². The van der Waals surface area contributed by atoms with Crippen LogP contribution in [-0.4, -0.2) is 32.8 Å². The highest BCUT2D eigenvalue weighted by molar-refractivity contribution is 5.83. The van der Waals surface area contributed by atoms with Crippen molar-refractivity contribution in [2.24, 2.45) is 0 Å². The molecule has 0 bridgehead atoms. The molecule has 1 aliphatic rings. The Morgan fingerprint density at radius 1 is 1.25 bits per heavy atom. The van der Waals surface area contributed by atoms with Gasteiger partial charge in [0.05, 0.1) is 0 Å². The average molecular weight is 327 g/mol. The summed E-state index contributed by atoms with van der Waals surface area (Å²) < 4.78 is 2.14. The molecule has 0 radical (unpaired) electrons. The molecule has 1 aromatic heterocycles. The third-order valence-electron chi connectivity index (χ3n) is 4.36. The molecule has 0 saturated carbocycles. The van der Waals surface area contributed by atoms with E-state index in [4.69, 9.17) is 0 Å². The zero-order valence-corrected chi connectivity index (χ0v) is 14.5. The van der Waals surface area contributed by atoms with Gasteiger partial charge in [-0.2, -0.15) is 0 Å². The molecule has 128 valence electrons. The molecule has 2 heterocycles. The van der Waals surface area contributed by atoms with Crippen molar-refractivity contribution < 1.29 is 4.79 Å². The van der Waals surface area contributed by atoms with Crippen LogP contribution in [0.15, 0.2) is 30.3 Å². The lowest BCUT2D eigenvalue weighted by Gasteiger charge is -2.29. The maximum absolute atomic E-state index is 12.7. The summed E-state index contributed by atoms with van der Waals surface area (Å²) in [6.45, 7) is 6.73. The van der Waals surface area contributed by atoms with Crippen LogP contribution in [0.4, 0.5) is 0 Å². The minimum absolute atomic E-state index is 0.0162. The van der Waals surface area contributed by atoms with Crippen molar-refractivity contribution in [1.82, 2.24) is 25.4 Å². The molecule has 1 aliphatic heterocycles. The minimum Gasteiger partial charge on any atom is -0.352 e. The molecule has 0 fully saturated rings. The maximum Gasteiger partial charge on any atom is 0.241 e. The Kier molecular flexibility index (Phi) is 4.94. The van der Waals surface area contributed by atoms with Gasteiger partial charge in [0.25, 0.3) is 0 Å². The molecule has 2 atom stereocenters. The molecule has 0 unspecified atom stereocenters. The van der Waals surface area contributed by atoms with Crippen molar-refractivity contribution in [3.63, 3.8) is 0 Å². The van der Waals surface area contributed by atoms with Gasteiger partial charge in [-0.3, -0.25) is 10.1 Å². The van der Waals surface area contributed by atoms with E-state index in [1.54, 1.807) is 0 Å². The third kappa shape index (κ3) is 3.64. The lowest BCUT2D eigenvalue weighted by Crippen LogP contribution is -2.47. The number of hydrogen-bond donors (Lipinski definition) is 2. The predicted octanol–water partition coefficient (Wildman–Crippen LogP) is 1.76. The van der Waals surface area contributed by atoms with E-state index in [2.05, 4.69) is 25.4 Å². The topological polar surface area (TPSA) is 71.8 Å². The van der Waals surface area contributed by atoms with Crippen LogP contribution < -0.4 is 10.6 Å². The molecule has 6 nitrogen and oxygen atoms in total. The first kappa shape index (κ1) is 16.6. The highest BCUT2D eigenvalue weighted by Crippen LogP contribution is 2.20. The number of benzene rings is 1. The number of nitrogens with one attached hydrogen (secondary N) is 2. The fourth-order valence-corrected chi connectivity index (χ4v) is 3.17. The maximum atomic E-state index is 12.7. The number of carbonyl (C=O) groups excluding carboxylic acids is 1. The van der Waals surface area contributed by atoms with Crippen LogP contribution in [0.3, 0.4) is 0 Å². The Bertz CT molecular complexity index is 695. The number of aryl methyl sites for hydroxylation is 2. The van der Waals surface area contributed by atoms with Crippen molar-refractivity contribution in [3.05, 3.63) is 47.5 Å². The monoisotopic (exact) mass is 327 g/mol. The third-order valence-corrected chi connectivity index (χ3v) is 4.36. The van der Waals surface area contributed by atoms with Crippen LogP contribution in [-0.2, 0) is 17.8 Å². The Labute approximate surface area is 142 Å². The Balaban J connectivity index is 1.77. The molecular formula is C18H25N5O. The molecule has 2 aromatic rings. The van der Waals surface area contributed by atoms with Gasteiger partial charge in [0.1, 0.15) is 17.7 Å². The van der Waals surface area contributed by atoms with E-state index in [-0.39, 0.29) is 24.0 Å². The molecule has 2 N–H and O–H groups in total. The summed E-state index contributed by atoms with van der Waals surface area (Å²) in [5.41, 5.74) is 0.988. The van der Waals surface area contributed by atoms with E-state index in [1.165, 1.54) is 0 Å². The summed E-state index contributed by atoms with van der Waals surface area (Å²) in [5.74, 6) is 1.98. The minimum atomic E-state index is -0.350. The number of aromatic nitrogens is 3. The van der Waals surface area contributed by atoms with Gasteiger partial charge in [0, 0.05) is 25.0 Å². The number of rotatable bonds is 5. The van der Waals surface area contributed by atoms with Gasteiger partial charge in [-0.25, -0.2) is 0 Å². The van der Waals surface area contributed by atoms with Crippen molar-refractivity contribution in [3.8, 4) is 0 Å². The lowest BCUT2D eigenvalue weighted by atomic mass is 10.0. The molecular weight excluding hydrogens is 302 g/mol. The summed E-state index contributed by atoms with van der Waals surface area (Å²) in [6, 6.07) is 9.88. The normalized spacial score (nSPS) is 18.2. The zero-order chi connectivity index (χ0) is 17.1. The second-order valence-corrected chi connectivity index (χ2v) is 6.68. The number of amides is 1. The second-order valence-electron chi connectivity index (χ2n) is 6.68. The zero-order valence-electron chi connectivity index (χ0n) is 14.5. The van der Waals surface area contributed by atoms with Gasteiger partial charge < -0.3 is 9.88 Å². The van der Waals surface area contributed by atoms with Gasteiger partial charge in [0.15, 0.2) is 0 Å². The van der Waals surface area contributed by atoms with E-state index in [0.29, 0.717) is 0 Å². The van der Waals surface area contributed by atoms with E-state index in [0.717, 1.165) is 36.6 Å². The highest BCUT2D eigenvalue weighted by Gasteiger charge is 2.27. The van der Waals surface area contributed by atoms with Crippen molar-refractivity contribution in [2.75, 3.05) is 0 Å². The highest BCUT2D eigenvalue weighted by atomic mass is 16.2. The first-order chi connectivity index (χ1) is 11.5. The smallest absolute Gasteiger partial charge is 0.241 e. The van der Waals surface area contributed by atoms with Crippen molar-refractivity contribution in [2.45, 2.75) is 58.3 Å². The quantitative estimate of drug-likeness (QED) is 0.878. The van der Waals surface area contributed by atoms with Crippen LogP contribution in [0.1, 0.15) is 43.5 Å². The summed E-state index contributed by atoms with van der Waals surface area (Å²) in [5, 5.41) is 14.9. The first-order valence-electron chi connectivity index (χ1n) is 8.54. The molecule has 1 amide bonds. The largest absolute Gasteiger partial charge is 0.352 e. The van der Waals surface area contributed by atoms with E-state index in [9.17, 15) is 4.79 Å². The number of hydrogen-bond acceptors (Lipinski definition) is 4. The summed E-state index contributed by atoms with van der Waals surface area (Å²) in [4.78, 5) is 12.7. The summed E-state index contributed by atoms with van der Waals surface area (Å²) in [7, 11) is 0. The molecule has 24 heavy (non-hydrogen) atoms. The number of fused-ring (bicyclic) bond motifs is 1. The van der Waals surface area contributed by atoms with E-state index >= 15 is 0 Å². The Morgan fingerprint density at radius 3 is 2.71 bits per heavy atom. The van der Waals surface area contributed by atoms with Gasteiger partial charge in [-0.1, -0.05) is 30.3 Å². The fourth-order valence-electron chi connectivity index (χ4n) is 3.17.